The fraction of sp³-hybridized carbons (Fsp3) is 0.158. The Bertz CT molecular complexity index is 880. The molecule has 0 spiro atoms. The summed E-state index contributed by atoms with van der Waals surface area (Å²) in [7, 11) is 0. The maximum atomic E-state index is 6.05. The van der Waals surface area contributed by atoms with Gasteiger partial charge in [0.25, 0.3) is 0 Å². The van der Waals surface area contributed by atoms with Gasteiger partial charge < -0.3 is 10.6 Å². The molecule has 7 heteroatoms. The van der Waals surface area contributed by atoms with Crippen LogP contribution in [0.2, 0.25) is 10.0 Å². The van der Waals surface area contributed by atoms with Gasteiger partial charge in [-0.3, -0.25) is 4.68 Å². The maximum absolute atomic E-state index is 6.05. The van der Waals surface area contributed by atoms with Crippen molar-refractivity contribution >= 4 is 46.4 Å². The van der Waals surface area contributed by atoms with E-state index < -0.39 is 0 Å². The van der Waals surface area contributed by atoms with Crippen molar-refractivity contribution in [1.29, 1.82) is 0 Å². The number of hydrogen-bond donors (Lipinski definition) is 2. The number of rotatable bonds is 6. The molecule has 2 aromatic carbocycles. The number of nitrogens with zero attached hydrogens (tertiary/aromatic N) is 2. The minimum atomic E-state index is 0.540. The summed E-state index contributed by atoms with van der Waals surface area (Å²) in [5, 5.41) is 12.4. The molecule has 0 fully saturated rings. The van der Waals surface area contributed by atoms with Crippen LogP contribution in [-0.4, -0.2) is 21.4 Å². The Balaban J connectivity index is 1.48. The number of halogens is 2. The third-order valence-electron chi connectivity index (χ3n) is 3.75. The number of anilines is 1. The lowest BCUT2D eigenvalue weighted by atomic mass is 10.1. The smallest absolute Gasteiger partial charge is 0.172 e. The molecule has 0 aliphatic carbocycles. The highest BCUT2D eigenvalue weighted by Gasteiger charge is 2.04. The molecule has 3 aromatic rings. The van der Waals surface area contributed by atoms with Gasteiger partial charge in [-0.25, -0.2) is 0 Å². The van der Waals surface area contributed by atoms with E-state index in [9.17, 15) is 0 Å². The Morgan fingerprint density at radius 3 is 2.58 bits per heavy atom. The van der Waals surface area contributed by atoms with Crippen LogP contribution in [0, 0.1) is 0 Å². The number of benzene rings is 2. The first-order chi connectivity index (χ1) is 12.6. The van der Waals surface area contributed by atoms with E-state index in [1.807, 2.05) is 47.3 Å². The lowest BCUT2D eigenvalue weighted by Gasteiger charge is -2.08. The van der Waals surface area contributed by atoms with Crippen molar-refractivity contribution in [3.8, 4) is 0 Å². The molecule has 4 nitrogen and oxygen atoms in total. The first-order valence-corrected chi connectivity index (χ1v) is 9.33. The van der Waals surface area contributed by atoms with Crippen molar-refractivity contribution in [1.82, 2.24) is 15.1 Å². The summed E-state index contributed by atoms with van der Waals surface area (Å²) in [4.78, 5) is 0. The molecular formula is C19H18Cl2N4S. The number of hydrogen-bond acceptors (Lipinski definition) is 2. The zero-order valence-corrected chi connectivity index (χ0v) is 16.3. The molecule has 26 heavy (non-hydrogen) atoms. The first kappa shape index (κ1) is 18.7. The molecule has 1 heterocycles. The second-order valence-corrected chi connectivity index (χ2v) is 6.99. The fourth-order valence-electron chi connectivity index (χ4n) is 2.47. The highest BCUT2D eigenvalue weighted by molar-refractivity contribution is 7.80. The van der Waals surface area contributed by atoms with E-state index in [1.54, 1.807) is 6.07 Å². The van der Waals surface area contributed by atoms with E-state index in [4.69, 9.17) is 35.4 Å². The molecule has 0 saturated heterocycles. The zero-order chi connectivity index (χ0) is 18.4. The molecule has 0 aliphatic rings. The van der Waals surface area contributed by atoms with Gasteiger partial charge >= 0.3 is 0 Å². The molecule has 0 atom stereocenters. The van der Waals surface area contributed by atoms with Crippen molar-refractivity contribution in [2.75, 3.05) is 11.9 Å². The van der Waals surface area contributed by atoms with E-state index in [0.29, 0.717) is 27.5 Å². The molecule has 0 unspecified atom stereocenters. The summed E-state index contributed by atoms with van der Waals surface area (Å²) in [6.07, 6.45) is 2.80. The number of thiocarbonyl (C=S) groups is 1. The molecule has 2 N–H and O–H groups in total. The van der Waals surface area contributed by atoms with Gasteiger partial charge in [0, 0.05) is 18.8 Å². The fourth-order valence-corrected chi connectivity index (χ4v) is 2.99. The second kappa shape index (κ2) is 9.03. The largest absolute Gasteiger partial charge is 0.362 e. The summed E-state index contributed by atoms with van der Waals surface area (Å²) in [5.74, 6) is 0.697. The van der Waals surface area contributed by atoms with Gasteiger partial charge in [0.2, 0.25) is 0 Å². The third kappa shape index (κ3) is 5.46. The molecule has 3 rings (SSSR count). The minimum absolute atomic E-state index is 0.540. The van der Waals surface area contributed by atoms with Crippen LogP contribution in [-0.2, 0) is 13.0 Å². The van der Waals surface area contributed by atoms with Crippen molar-refractivity contribution in [3.63, 3.8) is 0 Å². The topological polar surface area (TPSA) is 41.9 Å². The average Bonchev–Trinajstić information content (AvgIpc) is 3.06. The van der Waals surface area contributed by atoms with Gasteiger partial charge in [0.15, 0.2) is 10.9 Å². The van der Waals surface area contributed by atoms with Crippen LogP contribution in [0.1, 0.15) is 11.1 Å². The quantitative estimate of drug-likeness (QED) is 0.580. The standard InChI is InChI=1S/C19H18Cl2N4S/c20-16-7-6-15(12-17(16)21)13-25-11-9-18(24-25)23-19(26)22-10-8-14-4-2-1-3-5-14/h1-7,9,11-12H,8,10,13H2,(H2,22,23,24,26). The summed E-state index contributed by atoms with van der Waals surface area (Å²) in [5.41, 5.74) is 2.30. The van der Waals surface area contributed by atoms with Gasteiger partial charge in [-0.05, 0) is 41.9 Å². The highest BCUT2D eigenvalue weighted by atomic mass is 35.5. The third-order valence-corrected chi connectivity index (χ3v) is 4.74. The van der Waals surface area contributed by atoms with Gasteiger partial charge in [0.05, 0.1) is 16.6 Å². The summed E-state index contributed by atoms with van der Waals surface area (Å²) in [6.45, 7) is 1.37. The predicted molar refractivity (Wildman–Crippen MR) is 112 cm³/mol. The predicted octanol–water partition coefficient (Wildman–Crippen LogP) is 4.77. The lowest BCUT2D eigenvalue weighted by molar-refractivity contribution is 0.690. The number of aromatic nitrogens is 2. The van der Waals surface area contributed by atoms with E-state index in [2.05, 4.69) is 27.9 Å². The van der Waals surface area contributed by atoms with E-state index in [1.165, 1.54) is 5.56 Å². The van der Waals surface area contributed by atoms with Crippen LogP contribution in [0.3, 0.4) is 0 Å². The molecule has 0 bridgehead atoms. The van der Waals surface area contributed by atoms with Crippen LogP contribution >= 0.6 is 35.4 Å². The van der Waals surface area contributed by atoms with Crippen molar-refractivity contribution in [2.45, 2.75) is 13.0 Å². The molecule has 0 amide bonds. The van der Waals surface area contributed by atoms with E-state index >= 15 is 0 Å². The summed E-state index contributed by atoms with van der Waals surface area (Å²) < 4.78 is 1.81. The second-order valence-electron chi connectivity index (χ2n) is 5.76. The molecule has 0 aliphatic heterocycles. The SMILES string of the molecule is S=C(NCCc1ccccc1)Nc1ccn(Cc2ccc(Cl)c(Cl)c2)n1. The van der Waals surface area contributed by atoms with Gasteiger partial charge in [-0.1, -0.05) is 59.6 Å². The highest BCUT2D eigenvalue weighted by Crippen LogP contribution is 2.23. The Morgan fingerprint density at radius 2 is 1.81 bits per heavy atom. The van der Waals surface area contributed by atoms with Crippen LogP contribution in [0.4, 0.5) is 5.82 Å². The van der Waals surface area contributed by atoms with Crippen molar-refractivity contribution < 1.29 is 0 Å². The van der Waals surface area contributed by atoms with E-state index in [0.717, 1.165) is 18.5 Å². The van der Waals surface area contributed by atoms with Crippen molar-refractivity contribution in [2.24, 2.45) is 0 Å². The summed E-state index contributed by atoms with van der Waals surface area (Å²) in [6, 6.07) is 17.7. The minimum Gasteiger partial charge on any atom is -0.362 e. The van der Waals surface area contributed by atoms with Gasteiger partial charge in [-0.15, -0.1) is 0 Å². The first-order valence-electron chi connectivity index (χ1n) is 8.16. The Morgan fingerprint density at radius 1 is 1.00 bits per heavy atom. The Hall–Kier alpha value is -2.08. The van der Waals surface area contributed by atoms with Crippen LogP contribution in [0.5, 0.6) is 0 Å². The molecule has 0 saturated carbocycles. The molecule has 1 aromatic heterocycles. The average molecular weight is 405 g/mol. The number of nitrogens with one attached hydrogen (secondary N) is 2. The van der Waals surface area contributed by atoms with E-state index in [-0.39, 0.29) is 0 Å². The van der Waals surface area contributed by atoms with Crippen LogP contribution < -0.4 is 10.6 Å². The van der Waals surface area contributed by atoms with Crippen LogP contribution in [0.15, 0.2) is 60.8 Å². The Kier molecular flexibility index (Phi) is 6.50. The molecule has 0 radical (unpaired) electrons. The summed E-state index contributed by atoms with van der Waals surface area (Å²) >= 11 is 17.3. The normalized spacial score (nSPS) is 10.5. The molecule has 134 valence electrons. The Labute approximate surface area is 168 Å². The van der Waals surface area contributed by atoms with Crippen molar-refractivity contribution in [3.05, 3.63) is 82.0 Å². The molecular weight excluding hydrogens is 387 g/mol. The van der Waals surface area contributed by atoms with Crippen LogP contribution in [0.25, 0.3) is 0 Å². The maximum Gasteiger partial charge on any atom is 0.172 e. The zero-order valence-electron chi connectivity index (χ0n) is 14.0. The van der Waals surface area contributed by atoms with Gasteiger partial charge in [0.1, 0.15) is 0 Å². The monoisotopic (exact) mass is 404 g/mol. The lowest BCUT2D eigenvalue weighted by Crippen LogP contribution is -2.30. The van der Waals surface area contributed by atoms with Gasteiger partial charge in [-0.2, -0.15) is 5.10 Å².